The Morgan fingerprint density at radius 3 is 1.45 bits per heavy atom. The Kier molecular flexibility index (Phi) is 8.71. The topological polar surface area (TPSA) is 62.3 Å². The van der Waals surface area contributed by atoms with Crippen molar-refractivity contribution in [1.29, 1.82) is 0 Å². The van der Waals surface area contributed by atoms with Crippen molar-refractivity contribution in [3.8, 4) is 0 Å². The Hall–Kier alpha value is -1.50. The first-order valence-electron chi connectivity index (χ1n) is 6.83. The lowest BCUT2D eigenvalue weighted by Crippen LogP contribution is -2.46. The zero-order chi connectivity index (χ0) is 15.7. The Morgan fingerprint density at radius 2 is 1.20 bits per heavy atom. The van der Waals surface area contributed by atoms with E-state index >= 15 is 0 Å². The largest absolute Gasteiger partial charge is 0.413 e. The summed E-state index contributed by atoms with van der Waals surface area (Å²) >= 11 is 0. The van der Waals surface area contributed by atoms with Crippen LogP contribution in [0.1, 0.15) is 26.7 Å². The summed E-state index contributed by atoms with van der Waals surface area (Å²) in [6.07, 6.45) is -0.345. The molecule has 0 bridgehead atoms. The fourth-order valence-electron chi connectivity index (χ4n) is 1.45. The van der Waals surface area contributed by atoms with Crippen LogP contribution in [-0.2, 0) is 9.47 Å². The predicted molar refractivity (Wildman–Crippen MR) is 76.3 cm³/mol. The van der Waals surface area contributed by atoms with E-state index in [2.05, 4.69) is 0 Å². The van der Waals surface area contributed by atoms with Gasteiger partial charge < -0.3 is 19.3 Å². The van der Waals surface area contributed by atoms with Crippen LogP contribution in [0.4, 0.5) is 9.59 Å². The number of hydrogen-bond donors (Lipinski definition) is 0. The maximum absolute atomic E-state index is 11.7. The highest BCUT2D eigenvalue weighted by molar-refractivity contribution is 5.68. The molecule has 0 heterocycles. The standard InChI is InChI=1S/C13H27N3O4/c1-7-9-16(10-8-2)13(19-11(17)14(3)4)20-12(18)15(5)6/h13H,7-10H2,1-6H3. The summed E-state index contributed by atoms with van der Waals surface area (Å²) in [4.78, 5) is 27.8. The molecule has 0 N–H and O–H groups in total. The molecule has 0 fully saturated rings. The lowest BCUT2D eigenvalue weighted by atomic mass is 10.4. The summed E-state index contributed by atoms with van der Waals surface area (Å²) in [6.45, 7) is 5.39. The molecule has 2 amide bonds. The van der Waals surface area contributed by atoms with Gasteiger partial charge in [-0.25, -0.2) is 14.5 Å². The normalized spacial score (nSPS) is 10.6. The van der Waals surface area contributed by atoms with E-state index in [0.717, 1.165) is 12.8 Å². The van der Waals surface area contributed by atoms with Crippen molar-refractivity contribution in [1.82, 2.24) is 14.7 Å². The number of amides is 2. The van der Waals surface area contributed by atoms with E-state index in [9.17, 15) is 9.59 Å². The van der Waals surface area contributed by atoms with Crippen LogP contribution >= 0.6 is 0 Å². The van der Waals surface area contributed by atoms with Crippen molar-refractivity contribution in [3.05, 3.63) is 0 Å². The number of carbonyl (C=O) groups excluding carboxylic acids is 2. The summed E-state index contributed by atoms with van der Waals surface area (Å²) in [7, 11) is 6.32. The van der Waals surface area contributed by atoms with Crippen molar-refractivity contribution in [2.24, 2.45) is 0 Å². The maximum Gasteiger partial charge on any atom is 0.413 e. The van der Waals surface area contributed by atoms with Gasteiger partial charge in [0.1, 0.15) is 0 Å². The number of nitrogens with zero attached hydrogens (tertiary/aromatic N) is 3. The van der Waals surface area contributed by atoms with E-state index in [1.807, 2.05) is 18.7 Å². The number of rotatable bonds is 7. The molecule has 7 nitrogen and oxygen atoms in total. The van der Waals surface area contributed by atoms with Gasteiger partial charge in [0.2, 0.25) is 0 Å². The minimum Gasteiger partial charge on any atom is -0.394 e. The second kappa shape index (κ2) is 9.41. The molecule has 0 unspecified atom stereocenters. The van der Waals surface area contributed by atoms with Gasteiger partial charge in [-0.3, -0.25) is 0 Å². The lowest BCUT2D eigenvalue weighted by molar-refractivity contribution is -0.166. The van der Waals surface area contributed by atoms with Gasteiger partial charge >= 0.3 is 18.6 Å². The molecule has 0 saturated carbocycles. The van der Waals surface area contributed by atoms with E-state index in [1.54, 1.807) is 28.2 Å². The number of carbonyl (C=O) groups is 2. The fraction of sp³-hybridized carbons (Fsp3) is 0.846. The van der Waals surface area contributed by atoms with Crippen LogP contribution < -0.4 is 0 Å². The molecule has 0 aromatic rings. The van der Waals surface area contributed by atoms with Gasteiger partial charge in [0, 0.05) is 41.3 Å². The van der Waals surface area contributed by atoms with Crippen molar-refractivity contribution in [2.75, 3.05) is 41.3 Å². The zero-order valence-electron chi connectivity index (χ0n) is 13.4. The molecule has 0 saturated heterocycles. The molecule has 0 aromatic carbocycles. The van der Waals surface area contributed by atoms with E-state index < -0.39 is 18.6 Å². The third kappa shape index (κ3) is 6.60. The SMILES string of the molecule is CCCN(CCC)C(OC(=O)N(C)C)OC(=O)N(C)C. The number of hydrogen-bond acceptors (Lipinski definition) is 5. The molecule has 7 heteroatoms. The Morgan fingerprint density at radius 1 is 0.850 bits per heavy atom. The Balaban J connectivity index is 4.90. The van der Waals surface area contributed by atoms with Crippen molar-refractivity contribution in [2.45, 2.75) is 33.1 Å². The molecule has 0 aliphatic rings. The van der Waals surface area contributed by atoms with Gasteiger partial charge in [0.05, 0.1) is 0 Å². The summed E-state index contributed by atoms with van der Waals surface area (Å²) in [5.74, 6) is 0. The van der Waals surface area contributed by atoms with Gasteiger partial charge in [0.25, 0.3) is 0 Å². The molecule has 0 rings (SSSR count). The highest BCUT2D eigenvalue weighted by Crippen LogP contribution is 2.09. The van der Waals surface area contributed by atoms with Crippen LogP contribution in [0.25, 0.3) is 0 Å². The first-order valence-corrected chi connectivity index (χ1v) is 6.83. The molecular formula is C13H27N3O4. The van der Waals surface area contributed by atoms with Gasteiger partial charge in [-0.2, -0.15) is 0 Å². The second-order valence-corrected chi connectivity index (χ2v) is 4.90. The van der Waals surface area contributed by atoms with Crippen LogP contribution in [0.5, 0.6) is 0 Å². The minimum atomic E-state index is -1.00. The van der Waals surface area contributed by atoms with Crippen LogP contribution in [-0.4, -0.2) is 74.6 Å². The van der Waals surface area contributed by atoms with Gasteiger partial charge in [0.15, 0.2) is 0 Å². The smallest absolute Gasteiger partial charge is 0.394 e. The van der Waals surface area contributed by atoms with Crippen LogP contribution in [0.2, 0.25) is 0 Å². The van der Waals surface area contributed by atoms with Crippen molar-refractivity contribution < 1.29 is 19.1 Å². The van der Waals surface area contributed by atoms with Crippen molar-refractivity contribution in [3.63, 3.8) is 0 Å². The minimum absolute atomic E-state index is 0.543. The van der Waals surface area contributed by atoms with Gasteiger partial charge in [-0.1, -0.05) is 13.8 Å². The molecule has 0 aliphatic carbocycles. The molecule has 0 spiro atoms. The van der Waals surface area contributed by atoms with Gasteiger partial charge in [-0.05, 0) is 12.8 Å². The first-order chi connectivity index (χ1) is 9.33. The quantitative estimate of drug-likeness (QED) is 0.669. The average Bonchev–Trinajstić information content (AvgIpc) is 2.37. The summed E-state index contributed by atoms with van der Waals surface area (Å²) in [5, 5.41) is 0. The highest BCUT2D eigenvalue weighted by atomic mass is 16.7. The third-order valence-corrected chi connectivity index (χ3v) is 2.45. The molecule has 0 atom stereocenters. The van der Waals surface area contributed by atoms with E-state index in [-0.39, 0.29) is 0 Å². The monoisotopic (exact) mass is 289 g/mol. The Labute approximate surface area is 121 Å². The highest BCUT2D eigenvalue weighted by Gasteiger charge is 2.26. The fourth-order valence-corrected chi connectivity index (χ4v) is 1.45. The summed E-state index contributed by atoms with van der Waals surface area (Å²) < 4.78 is 10.5. The van der Waals surface area contributed by atoms with E-state index in [0.29, 0.717) is 13.1 Å². The van der Waals surface area contributed by atoms with Crippen molar-refractivity contribution >= 4 is 12.2 Å². The van der Waals surface area contributed by atoms with E-state index in [1.165, 1.54) is 9.80 Å². The molecule has 0 aliphatic heterocycles. The summed E-state index contributed by atoms with van der Waals surface area (Å²) in [5.41, 5.74) is 0. The molecule has 0 aromatic heterocycles. The number of ether oxygens (including phenoxy) is 2. The van der Waals surface area contributed by atoms with Gasteiger partial charge in [-0.15, -0.1) is 0 Å². The molecule has 118 valence electrons. The van der Waals surface area contributed by atoms with Crippen LogP contribution in [0.15, 0.2) is 0 Å². The van der Waals surface area contributed by atoms with Crippen LogP contribution in [0, 0.1) is 0 Å². The lowest BCUT2D eigenvalue weighted by Gasteiger charge is -2.31. The molecular weight excluding hydrogens is 262 g/mol. The average molecular weight is 289 g/mol. The van der Waals surface area contributed by atoms with Crippen LogP contribution in [0.3, 0.4) is 0 Å². The Bertz CT molecular complexity index is 280. The molecule has 0 radical (unpaired) electrons. The first kappa shape index (κ1) is 18.5. The maximum atomic E-state index is 11.7. The third-order valence-electron chi connectivity index (χ3n) is 2.45. The predicted octanol–water partition coefficient (Wildman–Crippen LogP) is 1.79. The summed E-state index contributed by atoms with van der Waals surface area (Å²) in [6, 6.07) is 0. The molecule has 20 heavy (non-hydrogen) atoms. The zero-order valence-corrected chi connectivity index (χ0v) is 13.4. The second-order valence-electron chi connectivity index (χ2n) is 4.90. The van der Waals surface area contributed by atoms with E-state index in [4.69, 9.17) is 9.47 Å².